The van der Waals surface area contributed by atoms with Crippen LogP contribution in [0, 0.1) is 10.8 Å². The van der Waals surface area contributed by atoms with E-state index < -0.39 is 12.7 Å². The van der Waals surface area contributed by atoms with Gasteiger partial charge >= 0.3 is 6.18 Å². The number of aliphatic imine (C=N–C) groups is 1. The van der Waals surface area contributed by atoms with Crippen molar-refractivity contribution in [2.24, 2.45) is 15.8 Å². The number of hydrogen-bond donors (Lipinski definition) is 0. The fraction of sp³-hybridized carbons (Fsp3) is 0.800. The Kier molecular flexibility index (Phi) is 3.56. The molecule has 0 N–H and O–H groups in total. The van der Waals surface area contributed by atoms with Crippen LogP contribution in [0.5, 0.6) is 0 Å². The zero-order valence-electron chi connectivity index (χ0n) is 11.7. The highest BCUT2D eigenvalue weighted by atomic mass is 19.4. The van der Waals surface area contributed by atoms with E-state index in [1.54, 1.807) is 6.92 Å². The summed E-state index contributed by atoms with van der Waals surface area (Å²) in [4.78, 5) is 3.83. The second-order valence-electron chi connectivity index (χ2n) is 6.21. The molecule has 0 spiro atoms. The van der Waals surface area contributed by atoms with E-state index in [0.29, 0.717) is 5.71 Å². The molecule has 19 heavy (non-hydrogen) atoms. The summed E-state index contributed by atoms with van der Waals surface area (Å²) in [5.41, 5.74) is 2.08. The van der Waals surface area contributed by atoms with E-state index in [9.17, 15) is 13.2 Å². The molecule has 0 aromatic rings. The van der Waals surface area contributed by atoms with Crippen LogP contribution in [0.3, 0.4) is 0 Å². The van der Waals surface area contributed by atoms with Crippen molar-refractivity contribution in [3.63, 3.8) is 0 Å². The van der Waals surface area contributed by atoms with Gasteiger partial charge in [0.2, 0.25) is 0 Å². The predicted molar refractivity (Wildman–Crippen MR) is 71.4 cm³/mol. The van der Waals surface area contributed by atoms with Crippen LogP contribution in [0.2, 0.25) is 0 Å². The highest BCUT2D eigenvalue weighted by molar-refractivity contribution is 5.89. The van der Waals surface area contributed by atoms with Crippen LogP contribution >= 0.6 is 0 Å². The van der Waals surface area contributed by atoms with Gasteiger partial charge in [-0.15, -0.1) is 0 Å². The van der Waals surface area contributed by atoms with Crippen molar-refractivity contribution in [3.05, 3.63) is 12.2 Å². The second-order valence-corrected chi connectivity index (χ2v) is 6.21. The van der Waals surface area contributed by atoms with Crippen molar-refractivity contribution in [2.45, 2.75) is 58.5 Å². The Morgan fingerprint density at radius 3 is 2.16 bits per heavy atom. The van der Waals surface area contributed by atoms with Crippen LogP contribution in [0.25, 0.3) is 0 Å². The van der Waals surface area contributed by atoms with Gasteiger partial charge in [0.25, 0.3) is 0 Å². The van der Waals surface area contributed by atoms with Gasteiger partial charge in [-0.05, 0) is 50.9 Å². The van der Waals surface area contributed by atoms with Gasteiger partial charge in [0.05, 0.1) is 0 Å². The number of nitrogens with zero attached hydrogens (tertiary/aromatic N) is 1. The molecular formula is C15H22F3N. The van der Waals surface area contributed by atoms with Crippen molar-refractivity contribution < 1.29 is 13.2 Å². The zero-order valence-corrected chi connectivity index (χ0v) is 11.7. The Balaban J connectivity index is 2.13. The van der Waals surface area contributed by atoms with Crippen molar-refractivity contribution in [3.8, 4) is 0 Å². The summed E-state index contributed by atoms with van der Waals surface area (Å²) in [5, 5.41) is 0. The number of fused-ring (bicyclic) bond motifs is 2. The van der Waals surface area contributed by atoms with Gasteiger partial charge < -0.3 is 0 Å². The molecular weight excluding hydrogens is 251 g/mol. The standard InChI is InChI=1S/C15H22F3N/c1-4-11(2)13-5-7-14(9-13,8-6-13)12(3)19-10-15(16,17)18/h2,4-10H2,1,3H3. The van der Waals surface area contributed by atoms with Gasteiger partial charge in [0.1, 0.15) is 6.54 Å². The molecule has 0 aliphatic heterocycles. The molecule has 0 amide bonds. The maximum atomic E-state index is 12.3. The topological polar surface area (TPSA) is 12.4 Å². The molecule has 2 aliphatic carbocycles. The van der Waals surface area contributed by atoms with Crippen molar-refractivity contribution in [1.82, 2.24) is 0 Å². The molecule has 2 fully saturated rings. The summed E-state index contributed by atoms with van der Waals surface area (Å²) in [6.07, 6.45) is 1.81. The minimum Gasteiger partial charge on any atom is -0.284 e. The average Bonchev–Trinajstić information content (AvgIpc) is 2.92. The fourth-order valence-corrected chi connectivity index (χ4v) is 3.93. The van der Waals surface area contributed by atoms with Crippen LogP contribution in [0.15, 0.2) is 17.1 Å². The largest absolute Gasteiger partial charge is 0.407 e. The monoisotopic (exact) mass is 273 g/mol. The lowest BCUT2D eigenvalue weighted by Crippen LogP contribution is -2.25. The van der Waals surface area contributed by atoms with Gasteiger partial charge in [-0.25, -0.2) is 0 Å². The third-order valence-electron chi connectivity index (χ3n) is 5.28. The quantitative estimate of drug-likeness (QED) is 0.509. The van der Waals surface area contributed by atoms with E-state index in [-0.39, 0.29) is 10.8 Å². The van der Waals surface area contributed by atoms with E-state index in [4.69, 9.17) is 0 Å². The van der Waals surface area contributed by atoms with Crippen LogP contribution < -0.4 is 0 Å². The Morgan fingerprint density at radius 2 is 1.68 bits per heavy atom. The molecule has 2 aliphatic rings. The molecule has 2 rings (SSSR count). The predicted octanol–water partition coefficient (Wildman–Crippen LogP) is 4.93. The lowest BCUT2D eigenvalue weighted by atomic mass is 9.76. The number of alkyl halides is 3. The first kappa shape index (κ1) is 14.6. The third kappa shape index (κ3) is 2.59. The second kappa shape index (κ2) is 4.64. The first-order valence-electron chi connectivity index (χ1n) is 7.00. The number of allylic oxidation sites excluding steroid dienone is 1. The highest BCUT2D eigenvalue weighted by Crippen LogP contribution is 2.65. The van der Waals surface area contributed by atoms with Gasteiger partial charge in [-0.2, -0.15) is 13.2 Å². The van der Waals surface area contributed by atoms with E-state index in [2.05, 4.69) is 18.5 Å². The van der Waals surface area contributed by atoms with Crippen molar-refractivity contribution in [2.75, 3.05) is 6.54 Å². The summed E-state index contributed by atoms with van der Waals surface area (Å²) < 4.78 is 36.8. The van der Waals surface area contributed by atoms with Crippen molar-refractivity contribution >= 4 is 5.71 Å². The number of halogens is 3. The smallest absolute Gasteiger partial charge is 0.284 e. The summed E-state index contributed by atoms with van der Waals surface area (Å²) in [7, 11) is 0. The highest BCUT2D eigenvalue weighted by Gasteiger charge is 2.56. The summed E-state index contributed by atoms with van der Waals surface area (Å²) in [6.45, 7) is 7.03. The van der Waals surface area contributed by atoms with Crippen LogP contribution in [-0.4, -0.2) is 18.4 Å². The van der Waals surface area contributed by atoms with E-state index in [1.807, 2.05) is 0 Å². The third-order valence-corrected chi connectivity index (χ3v) is 5.28. The van der Waals surface area contributed by atoms with Gasteiger partial charge in [-0.1, -0.05) is 19.1 Å². The molecule has 108 valence electrons. The Bertz CT molecular complexity index is 398. The Labute approximate surface area is 113 Å². The molecule has 0 heterocycles. The molecule has 1 nitrogen and oxygen atoms in total. The van der Waals surface area contributed by atoms with Gasteiger partial charge in [0.15, 0.2) is 0 Å². The van der Waals surface area contributed by atoms with Crippen LogP contribution in [0.4, 0.5) is 13.2 Å². The first-order chi connectivity index (χ1) is 8.73. The summed E-state index contributed by atoms with van der Waals surface area (Å²) in [5.74, 6) is 0. The van der Waals surface area contributed by atoms with Gasteiger partial charge in [-0.3, -0.25) is 4.99 Å². The molecule has 0 saturated heterocycles. The van der Waals surface area contributed by atoms with Crippen molar-refractivity contribution in [1.29, 1.82) is 0 Å². The maximum Gasteiger partial charge on any atom is 0.407 e. The molecule has 0 radical (unpaired) electrons. The summed E-state index contributed by atoms with van der Waals surface area (Å²) >= 11 is 0. The number of hydrogen-bond acceptors (Lipinski definition) is 1. The average molecular weight is 273 g/mol. The zero-order chi connectivity index (χ0) is 14.3. The molecule has 0 atom stereocenters. The lowest BCUT2D eigenvalue weighted by Gasteiger charge is -2.29. The first-order valence-corrected chi connectivity index (χ1v) is 7.00. The minimum absolute atomic E-state index is 0.0800. The molecule has 4 heteroatoms. The van der Waals surface area contributed by atoms with Crippen LogP contribution in [-0.2, 0) is 0 Å². The van der Waals surface area contributed by atoms with E-state index >= 15 is 0 Å². The lowest BCUT2D eigenvalue weighted by molar-refractivity contribution is -0.118. The maximum absolute atomic E-state index is 12.3. The molecule has 0 unspecified atom stereocenters. The minimum atomic E-state index is -4.20. The fourth-order valence-electron chi connectivity index (χ4n) is 3.93. The normalized spacial score (nSPS) is 34.9. The molecule has 0 aromatic carbocycles. The molecule has 0 aromatic heterocycles. The Morgan fingerprint density at radius 1 is 1.16 bits per heavy atom. The molecule has 2 bridgehead atoms. The molecule has 2 saturated carbocycles. The van der Waals surface area contributed by atoms with E-state index in [1.165, 1.54) is 5.57 Å². The van der Waals surface area contributed by atoms with Crippen LogP contribution in [0.1, 0.15) is 52.4 Å². The van der Waals surface area contributed by atoms with Gasteiger partial charge in [0, 0.05) is 11.1 Å². The SMILES string of the molecule is C=C(CC)C12CCC(C(C)=NCC(F)(F)F)(CC1)C2. The van der Waals surface area contributed by atoms with E-state index in [0.717, 1.165) is 38.5 Å². The number of rotatable bonds is 4. The summed E-state index contributed by atoms with van der Waals surface area (Å²) in [6, 6.07) is 0. The Hall–Kier alpha value is -0.800.